The molecule has 3 N–H and O–H groups in total. The third-order valence-electron chi connectivity index (χ3n) is 0.875. The van der Waals surface area contributed by atoms with Crippen LogP contribution in [0.25, 0.3) is 0 Å². The molecule has 0 saturated heterocycles. The maximum Gasteiger partial charge on any atom is 0.372 e. The fourth-order valence-corrected chi connectivity index (χ4v) is 0.321. The molecule has 10 heavy (non-hydrogen) atoms. The average Bonchev–Trinajstić information content (AvgIpc) is 1.62. The van der Waals surface area contributed by atoms with Gasteiger partial charge < -0.3 is 10.6 Å². The second-order valence-electron chi connectivity index (χ2n) is 2.88. The van der Waals surface area contributed by atoms with Crippen LogP contribution in [0, 0.1) is 5.41 Å². The third kappa shape index (κ3) is 3.19. The second kappa shape index (κ2) is 3.31. The van der Waals surface area contributed by atoms with E-state index in [1.54, 1.807) is 20.8 Å². The molecule has 0 spiro atoms. The highest BCUT2D eigenvalue weighted by Crippen LogP contribution is 2.13. The predicted molar refractivity (Wildman–Crippen MR) is 35.7 cm³/mol. The van der Waals surface area contributed by atoms with Crippen LogP contribution >= 0.6 is 0 Å². The second-order valence-corrected chi connectivity index (χ2v) is 2.88. The van der Waals surface area contributed by atoms with Gasteiger partial charge in [0.15, 0.2) is 0 Å². The van der Waals surface area contributed by atoms with Crippen LogP contribution in [-0.4, -0.2) is 22.3 Å². The van der Waals surface area contributed by atoms with Gasteiger partial charge in [-0.25, -0.2) is 4.79 Å². The first-order valence-corrected chi connectivity index (χ1v) is 2.63. The SMILES string of the molecule is CC(C)(C)C(=O)C(=O)O.O. The fourth-order valence-electron chi connectivity index (χ4n) is 0.321. The molecular formula is C6H12O4. The van der Waals surface area contributed by atoms with E-state index in [1.165, 1.54) is 0 Å². The third-order valence-corrected chi connectivity index (χ3v) is 0.875. The Bertz CT molecular complexity index is 142. The Labute approximate surface area is 59.2 Å². The van der Waals surface area contributed by atoms with E-state index in [0.717, 1.165) is 0 Å². The summed E-state index contributed by atoms with van der Waals surface area (Å²) in [6.45, 7) is 4.72. The summed E-state index contributed by atoms with van der Waals surface area (Å²) < 4.78 is 0. The molecule has 0 radical (unpaired) electrons. The van der Waals surface area contributed by atoms with Gasteiger partial charge in [0, 0.05) is 5.41 Å². The molecule has 0 aliphatic heterocycles. The number of Topliss-reactive ketones (excluding diaryl/α,β-unsaturated/α-hetero) is 1. The van der Waals surface area contributed by atoms with Gasteiger partial charge in [-0.1, -0.05) is 20.8 Å². The van der Waals surface area contributed by atoms with Crippen molar-refractivity contribution >= 4 is 11.8 Å². The summed E-state index contributed by atoms with van der Waals surface area (Å²) in [7, 11) is 0. The quantitative estimate of drug-likeness (QED) is 0.525. The van der Waals surface area contributed by atoms with Gasteiger partial charge in [0.25, 0.3) is 0 Å². The first-order valence-electron chi connectivity index (χ1n) is 2.63. The number of ketones is 1. The van der Waals surface area contributed by atoms with E-state index in [9.17, 15) is 9.59 Å². The molecule has 0 aliphatic carbocycles. The van der Waals surface area contributed by atoms with E-state index in [-0.39, 0.29) is 5.48 Å². The molecule has 0 bridgehead atoms. The number of carboxylic acid groups (broad SMARTS) is 1. The van der Waals surface area contributed by atoms with Crippen molar-refractivity contribution in [3.8, 4) is 0 Å². The summed E-state index contributed by atoms with van der Waals surface area (Å²) in [4.78, 5) is 20.6. The van der Waals surface area contributed by atoms with E-state index in [4.69, 9.17) is 5.11 Å². The highest BCUT2D eigenvalue weighted by molar-refractivity contribution is 6.34. The maximum absolute atomic E-state index is 10.6. The molecule has 0 atom stereocenters. The van der Waals surface area contributed by atoms with Gasteiger partial charge in [-0.2, -0.15) is 0 Å². The van der Waals surface area contributed by atoms with Crippen molar-refractivity contribution in [2.45, 2.75) is 20.8 Å². The number of carbonyl (C=O) groups excluding carboxylic acids is 1. The zero-order valence-corrected chi connectivity index (χ0v) is 6.26. The minimum absolute atomic E-state index is 0. The molecule has 0 amide bonds. The van der Waals surface area contributed by atoms with Crippen LogP contribution in [0.4, 0.5) is 0 Å². The van der Waals surface area contributed by atoms with E-state index >= 15 is 0 Å². The van der Waals surface area contributed by atoms with Crippen LogP contribution < -0.4 is 0 Å². The number of hydrogen-bond donors (Lipinski definition) is 1. The van der Waals surface area contributed by atoms with Crippen LogP contribution in [-0.2, 0) is 9.59 Å². The van der Waals surface area contributed by atoms with E-state index in [2.05, 4.69) is 0 Å². The number of aliphatic carboxylic acids is 1. The molecule has 0 rings (SSSR count). The summed E-state index contributed by atoms with van der Waals surface area (Å²) in [5.74, 6) is -2.11. The minimum Gasteiger partial charge on any atom is -0.475 e. The lowest BCUT2D eigenvalue weighted by atomic mass is 9.91. The van der Waals surface area contributed by atoms with Gasteiger partial charge in [0.2, 0.25) is 5.78 Å². The number of rotatable bonds is 1. The van der Waals surface area contributed by atoms with Gasteiger partial charge in [-0.15, -0.1) is 0 Å². The summed E-state index contributed by atoms with van der Waals surface area (Å²) >= 11 is 0. The van der Waals surface area contributed by atoms with Gasteiger partial charge in [0.05, 0.1) is 0 Å². The van der Waals surface area contributed by atoms with Crippen molar-refractivity contribution in [1.29, 1.82) is 0 Å². The van der Waals surface area contributed by atoms with Gasteiger partial charge in [0.1, 0.15) is 0 Å². The number of hydrogen-bond acceptors (Lipinski definition) is 2. The monoisotopic (exact) mass is 148 g/mol. The van der Waals surface area contributed by atoms with Crippen LogP contribution in [0.3, 0.4) is 0 Å². The minimum atomic E-state index is -1.36. The Kier molecular flexibility index (Phi) is 3.93. The van der Waals surface area contributed by atoms with Gasteiger partial charge in [-0.3, -0.25) is 4.79 Å². The molecule has 0 saturated carbocycles. The molecule has 0 aromatic carbocycles. The van der Waals surface area contributed by atoms with Gasteiger partial charge >= 0.3 is 5.97 Å². The molecule has 0 aliphatic rings. The normalized spacial score (nSPS) is 9.90. The van der Waals surface area contributed by atoms with Crippen molar-refractivity contribution in [1.82, 2.24) is 0 Å². The molecule has 0 aromatic rings. The molecule has 60 valence electrons. The zero-order valence-electron chi connectivity index (χ0n) is 6.26. The molecule has 4 nitrogen and oxygen atoms in total. The summed E-state index contributed by atoms with van der Waals surface area (Å²) in [5, 5.41) is 8.17. The van der Waals surface area contributed by atoms with E-state index in [0.29, 0.717) is 0 Å². The Morgan fingerprint density at radius 2 is 1.50 bits per heavy atom. The van der Waals surface area contributed by atoms with Crippen LogP contribution in [0.5, 0.6) is 0 Å². The van der Waals surface area contributed by atoms with E-state index < -0.39 is 17.2 Å². The lowest BCUT2D eigenvalue weighted by molar-refractivity contribution is -0.152. The Balaban J connectivity index is 0. The van der Waals surface area contributed by atoms with Crippen LogP contribution in [0.2, 0.25) is 0 Å². The van der Waals surface area contributed by atoms with Crippen LogP contribution in [0.15, 0.2) is 0 Å². The number of carboxylic acids is 1. The molecule has 0 heterocycles. The first kappa shape index (κ1) is 11.8. The zero-order chi connectivity index (χ0) is 7.65. The lowest BCUT2D eigenvalue weighted by Gasteiger charge is -2.11. The largest absolute Gasteiger partial charge is 0.475 e. The highest BCUT2D eigenvalue weighted by Gasteiger charge is 2.27. The Hall–Kier alpha value is -0.900. The summed E-state index contributed by atoms with van der Waals surface area (Å²) in [6.07, 6.45) is 0. The molecule has 0 fully saturated rings. The van der Waals surface area contributed by atoms with Crippen molar-refractivity contribution in [3.63, 3.8) is 0 Å². The molecular weight excluding hydrogens is 136 g/mol. The number of carbonyl (C=O) groups is 2. The highest BCUT2D eigenvalue weighted by atomic mass is 16.4. The Morgan fingerprint density at radius 1 is 1.20 bits per heavy atom. The smallest absolute Gasteiger partial charge is 0.372 e. The molecule has 0 unspecified atom stereocenters. The van der Waals surface area contributed by atoms with E-state index in [1.807, 2.05) is 0 Å². The predicted octanol–water partition coefficient (Wildman–Crippen LogP) is -0.139. The summed E-state index contributed by atoms with van der Waals surface area (Å²) in [5.41, 5.74) is -0.758. The summed E-state index contributed by atoms with van der Waals surface area (Å²) in [6, 6.07) is 0. The maximum atomic E-state index is 10.6. The standard InChI is InChI=1S/C6H10O3.H2O/c1-6(2,3)4(7)5(8)9;/h1-3H3,(H,8,9);1H2. The van der Waals surface area contributed by atoms with Gasteiger partial charge in [-0.05, 0) is 0 Å². The van der Waals surface area contributed by atoms with Crippen molar-refractivity contribution < 1.29 is 20.2 Å². The molecule has 4 heteroatoms. The fraction of sp³-hybridized carbons (Fsp3) is 0.667. The molecule has 0 aromatic heterocycles. The topological polar surface area (TPSA) is 85.9 Å². The van der Waals surface area contributed by atoms with Crippen molar-refractivity contribution in [3.05, 3.63) is 0 Å². The first-order chi connectivity index (χ1) is 3.85. The Morgan fingerprint density at radius 3 is 1.50 bits per heavy atom. The van der Waals surface area contributed by atoms with Crippen molar-refractivity contribution in [2.24, 2.45) is 5.41 Å². The van der Waals surface area contributed by atoms with Crippen LogP contribution in [0.1, 0.15) is 20.8 Å². The lowest BCUT2D eigenvalue weighted by Crippen LogP contribution is -2.27. The average molecular weight is 148 g/mol. The van der Waals surface area contributed by atoms with Crippen molar-refractivity contribution in [2.75, 3.05) is 0 Å².